The summed E-state index contributed by atoms with van der Waals surface area (Å²) >= 11 is 1.28. The van der Waals surface area contributed by atoms with Gasteiger partial charge in [-0.2, -0.15) is 5.10 Å². The molecular weight excluding hydrogens is 436 g/mol. The molecule has 0 fully saturated rings. The molecule has 2 aromatic carbocycles. The fourth-order valence-corrected chi connectivity index (χ4v) is 3.80. The molecule has 2 aromatic heterocycles. The Hall–Kier alpha value is -3.98. The van der Waals surface area contributed by atoms with Gasteiger partial charge in [0.1, 0.15) is 5.75 Å². The van der Waals surface area contributed by atoms with Gasteiger partial charge in [-0.05, 0) is 67.9 Å². The summed E-state index contributed by atoms with van der Waals surface area (Å²) in [5.41, 5.74) is 6.94. The van der Waals surface area contributed by atoms with E-state index in [0.29, 0.717) is 16.7 Å². The molecule has 9 heteroatoms. The van der Waals surface area contributed by atoms with Gasteiger partial charge in [0.05, 0.1) is 11.5 Å². The molecule has 0 saturated heterocycles. The molecule has 33 heavy (non-hydrogen) atoms. The second-order valence-electron chi connectivity index (χ2n) is 7.28. The fourth-order valence-electron chi connectivity index (χ4n) is 3.05. The highest BCUT2D eigenvalue weighted by molar-refractivity contribution is 7.99. The number of hydrogen-bond donors (Lipinski definition) is 2. The van der Waals surface area contributed by atoms with E-state index in [1.54, 1.807) is 43.6 Å². The topological polar surface area (TPSA) is 105 Å². The highest BCUT2D eigenvalue weighted by Gasteiger charge is 2.17. The SMILES string of the molecule is C/C(=N\NC(=O)CSc1nnc(-c2ccncc2)n1-c1ccc(C)cc1)c1ccc(O)cc1. The van der Waals surface area contributed by atoms with Gasteiger partial charge < -0.3 is 5.11 Å². The Balaban J connectivity index is 1.51. The van der Waals surface area contributed by atoms with E-state index in [4.69, 9.17) is 0 Å². The van der Waals surface area contributed by atoms with Crippen LogP contribution in [0.2, 0.25) is 0 Å². The second-order valence-corrected chi connectivity index (χ2v) is 8.22. The maximum Gasteiger partial charge on any atom is 0.250 e. The Kier molecular flexibility index (Phi) is 6.80. The summed E-state index contributed by atoms with van der Waals surface area (Å²) in [7, 11) is 0. The van der Waals surface area contributed by atoms with Crippen LogP contribution in [0.5, 0.6) is 5.75 Å². The number of aromatic nitrogens is 4. The van der Waals surface area contributed by atoms with E-state index >= 15 is 0 Å². The zero-order chi connectivity index (χ0) is 23.2. The van der Waals surface area contributed by atoms with Gasteiger partial charge in [0, 0.05) is 23.6 Å². The van der Waals surface area contributed by atoms with Crippen LogP contribution < -0.4 is 5.43 Å². The van der Waals surface area contributed by atoms with E-state index < -0.39 is 0 Å². The van der Waals surface area contributed by atoms with Crippen molar-refractivity contribution in [2.45, 2.75) is 19.0 Å². The average molecular weight is 459 g/mol. The number of carbonyl (C=O) groups is 1. The van der Waals surface area contributed by atoms with Crippen LogP contribution in [0.3, 0.4) is 0 Å². The predicted octanol–water partition coefficient (Wildman–Crippen LogP) is 3.98. The van der Waals surface area contributed by atoms with E-state index in [0.717, 1.165) is 22.4 Å². The van der Waals surface area contributed by atoms with Crippen LogP contribution in [0.1, 0.15) is 18.1 Å². The number of hydrazone groups is 1. The monoisotopic (exact) mass is 458 g/mol. The number of nitrogens with zero attached hydrogens (tertiary/aromatic N) is 5. The average Bonchev–Trinajstić information content (AvgIpc) is 3.26. The molecule has 4 aromatic rings. The summed E-state index contributed by atoms with van der Waals surface area (Å²) in [4.78, 5) is 16.5. The minimum absolute atomic E-state index is 0.118. The fraction of sp³-hybridized carbons (Fsp3) is 0.125. The van der Waals surface area contributed by atoms with Gasteiger partial charge in [0.25, 0.3) is 5.91 Å². The number of hydrogen-bond acceptors (Lipinski definition) is 7. The normalized spacial score (nSPS) is 11.4. The number of benzene rings is 2. The summed E-state index contributed by atoms with van der Waals surface area (Å²) in [5.74, 6) is 0.704. The number of carbonyl (C=O) groups excluding carboxylic acids is 1. The van der Waals surface area contributed by atoms with Crippen LogP contribution in [0.4, 0.5) is 0 Å². The molecule has 1 amide bonds. The van der Waals surface area contributed by atoms with E-state index in [2.05, 4.69) is 25.7 Å². The minimum atomic E-state index is -0.262. The van der Waals surface area contributed by atoms with Crippen molar-refractivity contribution in [2.75, 3.05) is 5.75 Å². The Labute approximate surface area is 195 Å². The third-order valence-corrected chi connectivity index (χ3v) is 5.76. The Morgan fingerprint density at radius 1 is 1.03 bits per heavy atom. The quantitative estimate of drug-likeness (QED) is 0.247. The van der Waals surface area contributed by atoms with Crippen molar-refractivity contribution in [3.05, 3.63) is 84.2 Å². The third-order valence-electron chi connectivity index (χ3n) is 4.83. The maximum absolute atomic E-state index is 12.4. The molecule has 0 spiro atoms. The first-order valence-corrected chi connectivity index (χ1v) is 11.2. The van der Waals surface area contributed by atoms with E-state index in [9.17, 15) is 9.90 Å². The summed E-state index contributed by atoms with van der Waals surface area (Å²) < 4.78 is 1.93. The van der Waals surface area contributed by atoms with Crippen molar-refractivity contribution in [3.63, 3.8) is 0 Å². The Morgan fingerprint density at radius 2 is 1.73 bits per heavy atom. The molecule has 0 aliphatic heterocycles. The molecule has 0 radical (unpaired) electrons. The highest BCUT2D eigenvalue weighted by atomic mass is 32.2. The van der Waals surface area contributed by atoms with Gasteiger partial charge in [-0.1, -0.05) is 29.5 Å². The zero-order valence-electron chi connectivity index (χ0n) is 18.1. The van der Waals surface area contributed by atoms with Crippen molar-refractivity contribution in [1.82, 2.24) is 25.2 Å². The number of thioether (sulfide) groups is 1. The van der Waals surface area contributed by atoms with Crippen molar-refractivity contribution in [2.24, 2.45) is 5.10 Å². The smallest absolute Gasteiger partial charge is 0.250 e. The Morgan fingerprint density at radius 3 is 2.42 bits per heavy atom. The summed E-state index contributed by atoms with van der Waals surface area (Å²) in [6, 6.07) is 18.4. The highest BCUT2D eigenvalue weighted by Crippen LogP contribution is 2.27. The molecule has 4 rings (SSSR count). The van der Waals surface area contributed by atoms with Gasteiger partial charge >= 0.3 is 0 Å². The number of rotatable bonds is 7. The van der Waals surface area contributed by atoms with Gasteiger partial charge in [-0.15, -0.1) is 10.2 Å². The number of amides is 1. The Bertz CT molecular complexity index is 1270. The number of phenolic OH excluding ortho intramolecular Hbond substituents is 1. The maximum atomic E-state index is 12.4. The number of pyridine rings is 1. The molecule has 2 heterocycles. The molecule has 166 valence electrons. The van der Waals surface area contributed by atoms with Crippen LogP contribution in [0, 0.1) is 6.92 Å². The number of aryl methyl sites for hydroxylation is 1. The summed E-state index contributed by atoms with van der Waals surface area (Å²) in [6.45, 7) is 3.81. The first-order chi connectivity index (χ1) is 16.0. The molecule has 0 bridgehead atoms. The molecule has 0 saturated carbocycles. The van der Waals surface area contributed by atoms with Gasteiger partial charge in [0.15, 0.2) is 11.0 Å². The summed E-state index contributed by atoms with van der Waals surface area (Å²) in [5, 5.41) is 22.8. The van der Waals surface area contributed by atoms with Crippen molar-refractivity contribution in [3.8, 4) is 22.8 Å². The molecule has 0 atom stereocenters. The molecule has 0 unspecified atom stereocenters. The van der Waals surface area contributed by atoms with Crippen LogP contribution in [-0.2, 0) is 4.79 Å². The van der Waals surface area contributed by atoms with Crippen molar-refractivity contribution >= 4 is 23.4 Å². The number of phenols is 1. The summed E-state index contributed by atoms with van der Waals surface area (Å²) in [6.07, 6.45) is 3.41. The lowest BCUT2D eigenvalue weighted by Crippen LogP contribution is -2.21. The molecular formula is C24H22N6O2S. The lowest BCUT2D eigenvalue weighted by atomic mass is 10.1. The van der Waals surface area contributed by atoms with Crippen molar-refractivity contribution in [1.29, 1.82) is 0 Å². The minimum Gasteiger partial charge on any atom is -0.508 e. The van der Waals surface area contributed by atoms with E-state index in [1.165, 1.54) is 11.8 Å². The largest absolute Gasteiger partial charge is 0.508 e. The zero-order valence-corrected chi connectivity index (χ0v) is 19.0. The number of aromatic hydroxyl groups is 1. The first-order valence-electron chi connectivity index (χ1n) is 10.2. The van der Waals surface area contributed by atoms with Crippen LogP contribution in [-0.4, -0.2) is 42.2 Å². The molecule has 8 nitrogen and oxygen atoms in total. The second kappa shape index (κ2) is 10.1. The van der Waals surface area contributed by atoms with E-state index in [1.807, 2.05) is 47.9 Å². The third kappa shape index (κ3) is 5.45. The van der Waals surface area contributed by atoms with Crippen LogP contribution in [0.15, 0.2) is 83.3 Å². The molecule has 0 aliphatic rings. The lowest BCUT2D eigenvalue weighted by molar-refractivity contribution is -0.118. The van der Waals surface area contributed by atoms with E-state index in [-0.39, 0.29) is 17.4 Å². The van der Waals surface area contributed by atoms with Crippen LogP contribution >= 0.6 is 11.8 Å². The van der Waals surface area contributed by atoms with Gasteiger partial charge in [0.2, 0.25) is 0 Å². The molecule has 0 aliphatic carbocycles. The number of nitrogens with one attached hydrogen (secondary N) is 1. The standard InChI is InChI=1S/C24H22N6O2S/c1-16-3-7-20(8-4-16)30-23(19-11-13-25-14-12-19)28-29-24(30)33-15-22(32)27-26-17(2)18-5-9-21(31)10-6-18/h3-14,31H,15H2,1-2H3,(H,27,32)/b26-17+. The predicted molar refractivity (Wildman–Crippen MR) is 129 cm³/mol. The molecule has 2 N–H and O–H groups in total. The first kappa shape index (κ1) is 22.2. The lowest BCUT2D eigenvalue weighted by Gasteiger charge is -2.10. The van der Waals surface area contributed by atoms with Gasteiger partial charge in [-0.3, -0.25) is 14.3 Å². The van der Waals surface area contributed by atoms with Crippen LogP contribution in [0.25, 0.3) is 17.1 Å². The van der Waals surface area contributed by atoms with Crippen molar-refractivity contribution < 1.29 is 9.90 Å². The van der Waals surface area contributed by atoms with Gasteiger partial charge in [-0.25, -0.2) is 5.43 Å².